The first-order valence-corrected chi connectivity index (χ1v) is 3.95. The number of hydrogen-bond acceptors (Lipinski definition) is 3. The number of anilines is 1. The molecule has 0 heterocycles. The number of rotatable bonds is 1. The molecule has 0 aromatic heterocycles. The molecule has 0 aliphatic rings. The van der Waals surface area contributed by atoms with Crippen molar-refractivity contribution < 1.29 is 4.79 Å². The van der Waals surface area contributed by atoms with E-state index in [0.717, 1.165) is 3.57 Å². The second-order valence-electron chi connectivity index (χ2n) is 1.91. The quantitative estimate of drug-likeness (QED) is 0.362. The first-order valence-electron chi connectivity index (χ1n) is 2.87. The zero-order chi connectivity index (χ0) is 8.27. The second kappa shape index (κ2) is 3.50. The molecule has 4 heteroatoms. The third-order valence-electron chi connectivity index (χ3n) is 1.16. The normalized spacial score (nSPS) is 8.82. The van der Waals surface area contributed by atoms with E-state index in [1.807, 2.05) is 6.07 Å². The highest BCUT2D eigenvalue weighted by Crippen LogP contribution is 2.23. The van der Waals surface area contributed by atoms with Crippen LogP contribution in [0.2, 0.25) is 0 Å². The van der Waals surface area contributed by atoms with E-state index in [-0.39, 0.29) is 0 Å². The first-order chi connectivity index (χ1) is 5.24. The van der Waals surface area contributed by atoms with Crippen LogP contribution >= 0.6 is 22.6 Å². The van der Waals surface area contributed by atoms with Gasteiger partial charge in [-0.1, -0.05) is 0 Å². The van der Waals surface area contributed by atoms with Crippen LogP contribution in [-0.4, -0.2) is 6.08 Å². The molecule has 1 aromatic rings. The van der Waals surface area contributed by atoms with Crippen molar-refractivity contribution in [3.63, 3.8) is 0 Å². The summed E-state index contributed by atoms with van der Waals surface area (Å²) in [6.45, 7) is 0. The monoisotopic (exact) mass is 260 g/mol. The second-order valence-corrected chi connectivity index (χ2v) is 3.15. The van der Waals surface area contributed by atoms with Gasteiger partial charge in [0.15, 0.2) is 0 Å². The van der Waals surface area contributed by atoms with Crippen LogP contribution in [-0.2, 0) is 4.79 Å². The van der Waals surface area contributed by atoms with Gasteiger partial charge >= 0.3 is 0 Å². The Labute approximate surface area is 77.5 Å². The molecule has 0 bridgehead atoms. The molecule has 0 saturated carbocycles. The van der Waals surface area contributed by atoms with E-state index < -0.39 is 0 Å². The average molecular weight is 260 g/mol. The Bertz CT molecular complexity index is 318. The number of hydrogen-bond donors (Lipinski definition) is 1. The molecule has 0 fully saturated rings. The van der Waals surface area contributed by atoms with Crippen molar-refractivity contribution in [3.8, 4) is 0 Å². The van der Waals surface area contributed by atoms with Gasteiger partial charge in [-0.25, -0.2) is 4.79 Å². The molecule has 0 radical (unpaired) electrons. The van der Waals surface area contributed by atoms with Crippen molar-refractivity contribution in [1.82, 2.24) is 0 Å². The molecule has 3 nitrogen and oxygen atoms in total. The number of nitrogens with two attached hydrogens (primary N) is 1. The highest BCUT2D eigenvalue weighted by molar-refractivity contribution is 14.1. The fourth-order valence-corrected chi connectivity index (χ4v) is 1.14. The smallest absolute Gasteiger partial charge is 0.240 e. The minimum absolute atomic E-state index is 0.479. The molecule has 0 spiro atoms. The molecule has 1 rings (SSSR count). The number of nitrogens with zero attached hydrogens (tertiary/aromatic N) is 1. The minimum Gasteiger partial charge on any atom is -0.397 e. The summed E-state index contributed by atoms with van der Waals surface area (Å²) in [4.78, 5) is 13.3. The number of halogens is 1. The molecule has 0 unspecified atom stereocenters. The number of nitrogen functional groups attached to an aromatic ring is 1. The molecule has 0 saturated heterocycles. The van der Waals surface area contributed by atoms with Crippen molar-refractivity contribution in [1.29, 1.82) is 0 Å². The van der Waals surface area contributed by atoms with Gasteiger partial charge in [-0.15, -0.1) is 0 Å². The van der Waals surface area contributed by atoms with E-state index in [9.17, 15) is 4.79 Å². The van der Waals surface area contributed by atoms with E-state index in [2.05, 4.69) is 27.6 Å². The van der Waals surface area contributed by atoms with Gasteiger partial charge < -0.3 is 5.73 Å². The molecule has 2 N–H and O–H groups in total. The van der Waals surface area contributed by atoms with Crippen LogP contribution in [0.5, 0.6) is 0 Å². The van der Waals surface area contributed by atoms with Crippen LogP contribution in [0.15, 0.2) is 23.2 Å². The molecule has 56 valence electrons. The van der Waals surface area contributed by atoms with Gasteiger partial charge in [-0.3, -0.25) is 0 Å². The number of carbonyl (C=O) groups excluding carboxylic acids is 1. The number of benzene rings is 1. The van der Waals surface area contributed by atoms with Crippen LogP contribution in [0.4, 0.5) is 11.4 Å². The SMILES string of the molecule is Nc1ccc(I)cc1N=C=O. The maximum Gasteiger partial charge on any atom is 0.240 e. The van der Waals surface area contributed by atoms with Crippen LogP contribution in [0, 0.1) is 3.57 Å². The summed E-state index contributed by atoms with van der Waals surface area (Å²) in [5.74, 6) is 0. The molecule has 0 amide bonds. The minimum atomic E-state index is 0.479. The maximum absolute atomic E-state index is 9.89. The van der Waals surface area contributed by atoms with Gasteiger partial charge in [0.05, 0.1) is 5.69 Å². The van der Waals surface area contributed by atoms with Crippen molar-refractivity contribution in [2.24, 2.45) is 4.99 Å². The largest absolute Gasteiger partial charge is 0.397 e. The molecular formula is C7H5IN2O. The summed E-state index contributed by atoms with van der Waals surface area (Å²) >= 11 is 2.12. The van der Waals surface area contributed by atoms with Crippen LogP contribution in [0.3, 0.4) is 0 Å². The molecule has 0 aliphatic carbocycles. The van der Waals surface area contributed by atoms with E-state index in [1.165, 1.54) is 6.08 Å². The Morgan fingerprint density at radius 2 is 2.27 bits per heavy atom. The van der Waals surface area contributed by atoms with Crippen LogP contribution in [0.25, 0.3) is 0 Å². The predicted molar refractivity (Wildman–Crippen MR) is 51.4 cm³/mol. The van der Waals surface area contributed by atoms with E-state index in [1.54, 1.807) is 12.1 Å². The summed E-state index contributed by atoms with van der Waals surface area (Å²) in [7, 11) is 0. The van der Waals surface area contributed by atoms with Crippen molar-refractivity contribution in [2.45, 2.75) is 0 Å². The van der Waals surface area contributed by atoms with Gasteiger partial charge in [-0.05, 0) is 40.8 Å². The Morgan fingerprint density at radius 3 is 2.91 bits per heavy atom. The van der Waals surface area contributed by atoms with Gasteiger partial charge in [0.25, 0.3) is 0 Å². The Morgan fingerprint density at radius 1 is 1.55 bits per heavy atom. The van der Waals surface area contributed by atoms with Crippen LogP contribution in [0.1, 0.15) is 0 Å². The molecule has 0 aliphatic heterocycles. The van der Waals surface area contributed by atoms with E-state index in [4.69, 9.17) is 5.73 Å². The highest BCUT2D eigenvalue weighted by Gasteiger charge is 1.96. The Kier molecular flexibility index (Phi) is 2.62. The third-order valence-corrected chi connectivity index (χ3v) is 1.83. The van der Waals surface area contributed by atoms with Gasteiger partial charge in [0.2, 0.25) is 6.08 Å². The summed E-state index contributed by atoms with van der Waals surface area (Å²) in [6.07, 6.45) is 1.44. The summed E-state index contributed by atoms with van der Waals surface area (Å²) < 4.78 is 0.991. The maximum atomic E-state index is 9.89. The van der Waals surface area contributed by atoms with Crippen LogP contribution < -0.4 is 5.73 Å². The topological polar surface area (TPSA) is 55.4 Å². The predicted octanol–water partition coefficient (Wildman–Crippen LogP) is 1.84. The fraction of sp³-hybridized carbons (Fsp3) is 0. The average Bonchev–Trinajstić information content (AvgIpc) is 1.98. The molecule has 11 heavy (non-hydrogen) atoms. The third kappa shape index (κ3) is 2.03. The molecule has 0 atom stereocenters. The molecular weight excluding hydrogens is 255 g/mol. The van der Waals surface area contributed by atoms with Gasteiger partial charge in [-0.2, -0.15) is 4.99 Å². The van der Waals surface area contributed by atoms with Crippen molar-refractivity contribution >= 4 is 40.0 Å². The Hall–Kier alpha value is -0.870. The van der Waals surface area contributed by atoms with E-state index in [0.29, 0.717) is 11.4 Å². The first kappa shape index (κ1) is 8.23. The van der Waals surface area contributed by atoms with Crippen molar-refractivity contribution in [3.05, 3.63) is 21.8 Å². The zero-order valence-corrected chi connectivity index (χ0v) is 7.70. The Balaban J connectivity index is 3.22. The molecule has 1 aromatic carbocycles. The fourth-order valence-electron chi connectivity index (χ4n) is 0.663. The summed E-state index contributed by atoms with van der Waals surface area (Å²) in [5, 5.41) is 0. The zero-order valence-electron chi connectivity index (χ0n) is 5.54. The number of aliphatic imine (C=N–C) groups is 1. The lowest BCUT2D eigenvalue weighted by atomic mass is 10.3. The number of isocyanates is 1. The highest BCUT2D eigenvalue weighted by atomic mass is 127. The van der Waals surface area contributed by atoms with Gasteiger partial charge in [0.1, 0.15) is 5.69 Å². The van der Waals surface area contributed by atoms with Gasteiger partial charge in [0, 0.05) is 3.57 Å². The lowest BCUT2D eigenvalue weighted by molar-refractivity contribution is 0.565. The van der Waals surface area contributed by atoms with E-state index >= 15 is 0 Å². The summed E-state index contributed by atoms with van der Waals surface area (Å²) in [6, 6.07) is 5.28. The lowest BCUT2D eigenvalue weighted by Crippen LogP contribution is -1.84. The summed E-state index contributed by atoms with van der Waals surface area (Å²) in [5.41, 5.74) is 6.47. The lowest BCUT2D eigenvalue weighted by Gasteiger charge is -1.96. The van der Waals surface area contributed by atoms with Crippen molar-refractivity contribution in [2.75, 3.05) is 5.73 Å². The standard InChI is InChI=1S/C7H5IN2O/c8-5-1-2-6(9)7(3-5)10-4-11/h1-3H,9H2.